The molecular formula is C31H36FN5O2S2. The van der Waals surface area contributed by atoms with Crippen LogP contribution in [0.1, 0.15) is 70.3 Å². The monoisotopic (exact) mass is 593 g/mol. The van der Waals surface area contributed by atoms with Gasteiger partial charge in [0.2, 0.25) is 5.95 Å². The molecule has 10 heteroatoms. The van der Waals surface area contributed by atoms with E-state index in [1.165, 1.54) is 23.3 Å². The summed E-state index contributed by atoms with van der Waals surface area (Å²) in [6.45, 7) is 13.8. The molecule has 0 bridgehead atoms. The Morgan fingerprint density at radius 3 is 2.41 bits per heavy atom. The third-order valence-electron chi connectivity index (χ3n) is 5.67. The van der Waals surface area contributed by atoms with Crippen molar-refractivity contribution in [3.05, 3.63) is 71.1 Å². The molecular weight excluding hydrogens is 558 g/mol. The highest BCUT2D eigenvalue weighted by molar-refractivity contribution is 8.00. The predicted octanol–water partition coefficient (Wildman–Crippen LogP) is 8.87. The number of nitrogens with one attached hydrogen (secondary N) is 2. The second-order valence-corrected chi connectivity index (χ2v) is 13.4. The van der Waals surface area contributed by atoms with Gasteiger partial charge in [-0.2, -0.15) is 0 Å². The molecule has 4 rings (SSSR count). The Labute approximate surface area is 249 Å². The van der Waals surface area contributed by atoms with Crippen LogP contribution in [0.4, 0.5) is 21.7 Å². The molecule has 216 valence electrons. The smallest absolute Gasteiger partial charge is 0.338 e. The second-order valence-electron chi connectivity index (χ2n) is 11.5. The highest BCUT2D eigenvalue weighted by atomic mass is 32.2. The summed E-state index contributed by atoms with van der Waals surface area (Å²) >= 11 is 2.98. The fraction of sp³-hybridized carbons (Fsp3) is 0.355. The van der Waals surface area contributed by atoms with E-state index in [1.54, 1.807) is 48.7 Å². The van der Waals surface area contributed by atoms with Crippen LogP contribution in [0.2, 0.25) is 0 Å². The maximum Gasteiger partial charge on any atom is 0.338 e. The molecule has 2 heterocycles. The van der Waals surface area contributed by atoms with E-state index in [2.05, 4.69) is 42.7 Å². The van der Waals surface area contributed by atoms with E-state index < -0.39 is 5.60 Å². The first-order valence-corrected chi connectivity index (χ1v) is 15.3. The van der Waals surface area contributed by atoms with Gasteiger partial charge in [-0.25, -0.2) is 24.1 Å². The summed E-state index contributed by atoms with van der Waals surface area (Å²) in [5.74, 6) is 0.516. The second kappa shape index (κ2) is 12.6. The minimum atomic E-state index is -0.570. The van der Waals surface area contributed by atoms with Gasteiger partial charge in [0, 0.05) is 28.6 Å². The Bertz CT molecular complexity index is 1510. The normalized spacial score (nSPS) is 11.8. The molecule has 0 aliphatic carbocycles. The topological polar surface area (TPSA) is 89.0 Å². The molecule has 0 aliphatic heterocycles. The molecule has 2 aromatic heterocycles. The van der Waals surface area contributed by atoms with Crippen molar-refractivity contribution in [1.29, 1.82) is 0 Å². The van der Waals surface area contributed by atoms with Crippen LogP contribution in [0.15, 0.2) is 54.7 Å². The van der Waals surface area contributed by atoms with Gasteiger partial charge in [0.05, 0.1) is 32.5 Å². The zero-order chi connectivity index (χ0) is 29.8. The van der Waals surface area contributed by atoms with E-state index in [0.29, 0.717) is 39.8 Å². The fourth-order valence-electron chi connectivity index (χ4n) is 3.72. The average molecular weight is 594 g/mol. The van der Waals surface area contributed by atoms with Crippen LogP contribution >= 0.6 is 23.3 Å². The number of thiazole rings is 1. The lowest BCUT2D eigenvalue weighted by molar-refractivity contribution is 0.00695. The zero-order valence-corrected chi connectivity index (χ0v) is 26.1. The van der Waals surface area contributed by atoms with Crippen molar-refractivity contribution >= 4 is 46.6 Å². The maximum absolute atomic E-state index is 15.7. The molecule has 41 heavy (non-hydrogen) atoms. The lowest BCUT2D eigenvalue weighted by Crippen LogP contribution is -2.23. The van der Waals surface area contributed by atoms with Crippen molar-refractivity contribution in [2.75, 3.05) is 15.8 Å². The SMILES string of the molecule is CCCSNc1cccc(-c2nc(C(C)(C)C)sc2-c2ccnc(Nc3ccc(C(=O)OC(C)(C)C)cc3)n2)c1F. The van der Waals surface area contributed by atoms with Crippen LogP contribution < -0.4 is 10.0 Å². The number of hydrogen-bond acceptors (Lipinski definition) is 9. The van der Waals surface area contributed by atoms with Crippen molar-refractivity contribution in [1.82, 2.24) is 15.0 Å². The summed E-state index contributed by atoms with van der Waals surface area (Å²) in [5, 5.41) is 4.08. The quantitative estimate of drug-likeness (QED) is 0.113. The van der Waals surface area contributed by atoms with Crippen molar-refractivity contribution in [3.8, 4) is 21.8 Å². The Morgan fingerprint density at radius 1 is 1.02 bits per heavy atom. The first-order valence-electron chi connectivity index (χ1n) is 13.5. The van der Waals surface area contributed by atoms with Crippen molar-refractivity contribution in [2.24, 2.45) is 0 Å². The molecule has 0 saturated heterocycles. The molecule has 0 atom stereocenters. The molecule has 0 radical (unpaired) electrons. The number of esters is 1. The average Bonchev–Trinajstić information content (AvgIpc) is 3.36. The molecule has 0 spiro atoms. The van der Waals surface area contributed by atoms with E-state index >= 15 is 4.39 Å². The molecule has 0 saturated carbocycles. The van der Waals surface area contributed by atoms with Gasteiger partial charge < -0.3 is 14.8 Å². The number of carbonyl (C=O) groups is 1. The summed E-state index contributed by atoms with van der Waals surface area (Å²) in [6.07, 6.45) is 2.65. The van der Waals surface area contributed by atoms with Crippen molar-refractivity contribution in [2.45, 2.75) is 65.9 Å². The van der Waals surface area contributed by atoms with Gasteiger partial charge in [-0.15, -0.1) is 11.3 Å². The molecule has 7 nitrogen and oxygen atoms in total. The predicted molar refractivity (Wildman–Crippen MR) is 168 cm³/mol. The zero-order valence-electron chi connectivity index (χ0n) is 24.5. The van der Waals surface area contributed by atoms with Crippen LogP contribution in [0.25, 0.3) is 21.8 Å². The summed E-state index contributed by atoms with van der Waals surface area (Å²) in [7, 11) is 0. The largest absolute Gasteiger partial charge is 0.456 e. The van der Waals surface area contributed by atoms with Crippen molar-refractivity contribution in [3.63, 3.8) is 0 Å². The summed E-state index contributed by atoms with van der Waals surface area (Å²) in [5.41, 5.74) is 2.39. The summed E-state index contributed by atoms with van der Waals surface area (Å²) < 4.78 is 24.3. The number of aromatic nitrogens is 3. The van der Waals surface area contributed by atoms with Gasteiger partial charge in [-0.05, 0) is 69.7 Å². The lowest BCUT2D eigenvalue weighted by Gasteiger charge is -2.19. The molecule has 0 aliphatic rings. The first-order chi connectivity index (χ1) is 19.4. The number of carbonyl (C=O) groups excluding carboxylic acids is 1. The van der Waals surface area contributed by atoms with Gasteiger partial charge in [0.1, 0.15) is 5.60 Å². The van der Waals surface area contributed by atoms with E-state index in [-0.39, 0.29) is 17.2 Å². The first kappa shape index (κ1) is 30.5. The van der Waals surface area contributed by atoms with Gasteiger partial charge in [-0.3, -0.25) is 0 Å². The third kappa shape index (κ3) is 7.83. The Kier molecular flexibility index (Phi) is 9.34. The molecule has 2 N–H and O–H groups in total. The lowest BCUT2D eigenvalue weighted by atomic mass is 9.98. The molecule has 2 aromatic carbocycles. The van der Waals surface area contributed by atoms with E-state index in [0.717, 1.165) is 22.1 Å². The fourth-order valence-corrected chi connectivity index (χ4v) is 5.45. The minimum absolute atomic E-state index is 0.231. The number of halogens is 1. The Balaban J connectivity index is 1.66. The number of hydrogen-bond donors (Lipinski definition) is 2. The number of nitrogens with zero attached hydrogens (tertiary/aromatic N) is 3. The minimum Gasteiger partial charge on any atom is -0.456 e. The van der Waals surface area contributed by atoms with E-state index in [4.69, 9.17) is 14.7 Å². The highest BCUT2D eigenvalue weighted by Gasteiger charge is 2.26. The van der Waals surface area contributed by atoms with Gasteiger partial charge >= 0.3 is 5.97 Å². The van der Waals surface area contributed by atoms with Gasteiger partial charge in [0.25, 0.3) is 0 Å². The van der Waals surface area contributed by atoms with Crippen LogP contribution in [-0.4, -0.2) is 32.3 Å². The van der Waals surface area contributed by atoms with Crippen LogP contribution in [0, 0.1) is 5.82 Å². The highest BCUT2D eigenvalue weighted by Crippen LogP contribution is 2.42. The van der Waals surface area contributed by atoms with Crippen LogP contribution in [0.3, 0.4) is 0 Å². The molecule has 4 aromatic rings. The van der Waals surface area contributed by atoms with Crippen LogP contribution in [-0.2, 0) is 10.2 Å². The summed E-state index contributed by atoms with van der Waals surface area (Å²) in [4.78, 5) is 27.2. The number of rotatable bonds is 9. The maximum atomic E-state index is 15.7. The number of benzene rings is 2. The number of ether oxygens (including phenoxy) is 1. The Morgan fingerprint density at radius 2 is 1.76 bits per heavy atom. The van der Waals surface area contributed by atoms with Gasteiger partial charge in [-0.1, -0.05) is 45.7 Å². The van der Waals surface area contributed by atoms with Crippen molar-refractivity contribution < 1.29 is 13.9 Å². The van der Waals surface area contributed by atoms with Crippen LogP contribution in [0.5, 0.6) is 0 Å². The van der Waals surface area contributed by atoms with E-state index in [9.17, 15) is 4.79 Å². The van der Waals surface area contributed by atoms with E-state index in [1.807, 2.05) is 26.8 Å². The number of anilines is 3. The molecule has 0 fully saturated rings. The molecule has 0 amide bonds. The summed E-state index contributed by atoms with van der Waals surface area (Å²) in [6, 6.07) is 14.1. The Hall–Kier alpha value is -3.50. The third-order valence-corrected chi connectivity index (χ3v) is 8.15. The van der Waals surface area contributed by atoms with Gasteiger partial charge in [0.15, 0.2) is 5.82 Å². The standard InChI is InChI=1S/C31H36FN5O2S2/c1-8-18-40-37-22-11-9-10-21(24(22)32)25-26(41-28(36-25)30(2,3)4)23-16-17-33-29(35-23)34-20-14-12-19(13-15-20)27(38)39-31(5,6)7/h9-17,37H,8,18H2,1-7H3,(H,33,34,35). The molecule has 0 unspecified atom stereocenters.